The molecule has 3 heterocycles. The number of aliphatic imine (C=N–C) groups is 2. The maximum atomic E-state index is 13.3. The van der Waals surface area contributed by atoms with E-state index < -0.39 is 5.54 Å². The molecule has 2 aliphatic rings. The van der Waals surface area contributed by atoms with Crippen molar-refractivity contribution in [3.8, 4) is 5.95 Å². The molecule has 1 saturated heterocycles. The maximum absolute atomic E-state index is 13.3. The highest BCUT2D eigenvalue weighted by atomic mass is 32.1. The van der Waals surface area contributed by atoms with Crippen LogP contribution in [-0.4, -0.2) is 71.6 Å². The number of hydrogen-bond donors (Lipinski definition) is 0. The van der Waals surface area contributed by atoms with Crippen molar-refractivity contribution in [1.82, 2.24) is 9.80 Å². The van der Waals surface area contributed by atoms with Gasteiger partial charge in [0.05, 0.1) is 12.6 Å². The Morgan fingerprint density at radius 3 is 2.66 bits per heavy atom. The number of piperazine rings is 1. The highest BCUT2D eigenvalue weighted by Crippen LogP contribution is 2.26. The first kappa shape index (κ1) is 22.2. The molecule has 0 N–H and O–H groups in total. The fourth-order valence-electron chi connectivity index (χ4n) is 4.19. The van der Waals surface area contributed by atoms with Crippen LogP contribution in [-0.2, 0) is 4.79 Å². The lowest BCUT2D eigenvalue weighted by Gasteiger charge is -2.47. The van der Waals surface area contributed by atoms with Crippen LogP contribution >= 0.6 is 12.2 Å². The number of amidine groups is 1. The van der Waals surface area contributed by atoms with Crippen molar-refractivity contribution in [2.24, 2.45) is 9.98 Å². The van der Waals surface area contributed by atoms with Gasteiger partial charge in [0, 0.05) is 44.4 Å². The number of methoxy groups -OCH3 is 1. The van der Waals surface area contributed by atoms with Crippen molar-refractivity contribution in [3.05, 3.63) is 53.8 Å². The summed E-state index contributed by atoms with van der Waals surface area (Å²) in [5.74, 6) is 1.33. The van der Waals surface area contributed by atoms with E-state index in [0.717, 1.165) is 6.42 Å². The van der Waals surface area contributed by atoms with Gasteiger partial charge in [0.15, 0.2) is 5.76 Å². The number of ether oxygens (including phenoxy) is 1. The Kier molecular flexibility index (Phi) is 6.41. The van der Waals surface area contributed by atoms with Gasteiger partial charge in [0.25, 0.3) is 11.9 Å². The van der Waals surface area contributed by atoms with Gasteiger partial charge in [0.2, 0.25) is 5.84 Å². The first-order valence-corrected chi connectivity index (χ1v) is 11.2. The highest BCUT2D eigenvalue weighted by molar-refractivity contribution is 7.80. The van der Waals surface area contributed by atoms with Gasteiger partial charge in [-0.1, -0.05) is 42.5 Å². The summed E-state index contributed by atoms with van der Waals surface area (Å²) in [7, 11) is 1.56. The van der Waals surface area contributed by atoms with E-state index in [1.54, 1.807) is 13.2 Å². The molecule has 1 unspecified atom stereocenters. The number of thiocarbonyl (C=S) groups is 1. The Morgan fingerprint density at radius 2 is 1.97 bits per heavy atom. The number of furan rings is 1. The lowest BCUT2D eigenvalue weighted by molar-refractivity contribution is -0.131. The second-order valence-electron chi connectivity index (χ2n) is 8.61. The Balaban J connectivity index is 1.44. The molecule has 1 amide bonds. The second-order valence-corrected chi connectivity index (χ2v) is 8.99. The topological polar surface area (TPSA) is 70.6 Å². The molecular formula is C24H28N4O3S. The number of rotatable bonds is 4. The summed E-state index contributed by atoms with van der Waals surface area (Å²) >= 11 is 5.64. The predicted molar refractivity (Wildman–Crippen MR) is 129 cm³/mol. The first-order valence-electron chi connectivity index (χ1n) is 10.8. The van der Waals surface area contributed by atoms with E-state index >= 15 is 0 Å². The van der Waals surface area contributed by atoms with E-state index in [-0.39, 0.29) is 17.7 Å². The lowest BCUT2D eigenvalue weighted by Crippen LogP contribution is -2.63. The lowest BCUT2D eigenvalue weighted by atomic mass is 9.97. The number of nitrogens with zero attached hydrogens (tertiary/aromatic N) is 4. The first-order chi connectivity index (χ1) is 15.4. The van der Waals surface area contributed by atoms with Gasteiger partial charge in [-0.05, 0) is 31.9 Å². The summed E-state index contributed by atoms with van der Waals surface area (Å²) in [5.41, 5.74) is 0.747. The van der Waals surface area contributed by atoms with Gasteiger partial charge < -0.3 is 19.0 Å². The van der Waals surface area contributed by atoms with E-state index in [9.17, 15) is 4.79 Å². The molecule has 0 radical (unpaired) electrons. The molecule has 2 aliphatic heterocycles. The van der Waals surface area contributed by atoms with Crippen LogP contribution in [0.25, 0.3) is 0 Å². The third-order valence-electron chi connectivity index (χ3n) is 5.93. The summed E-state index contributed by atoms with van der Waals surface area (Å²) in [6.07, 6.45) is 2.70. The van der Waals surface area contributed by atoms with E-state index in [1.165, 1.54) is 5.56 Å². The van der Waals surface area contributed by atoms with Gasteiger partial charge >= 0.3 is 0 Å². The van der Waals surface area contributed by atoms with Gasteiger partial charge in [-0.25, -0.2) is 4.99 Å². The predicted octanol–water partition coefficient (Wildman–Crippen LogP) is 3.54. The molecule has 7 nitrogen and oxygen atoms in total. The van der Waals surface area contributed by atoms with Crippen molar-refractivity contribution in [3.63, 3.8) is 0 Å². The fraction of sp³-hybridized carbons (Fsp3) is 0.417. The number of amides is 1. The van der Waals surface area contributed by atoms with E-state index in [4.69, 9.17) is 21.4 Å². The average Bonchev–Trinajstić information content (AvgIpc) is 3.14. The summed E-state index contributed by atoms with van der Waals surface area (Å²) in [6.45, 7) is 6.38. The van der Waals surface area contributed by atoms with Crippen molar-refractivity contribution in [1.29, 1.82) is 0 Å². The van der Waals surface area contributed by atoms with Crippen LogP contribution in [0.5, 0.6) is 5.95 Å². The van der Waals surface area contributed by atoms with Gasteiger partial charge in [-0.15, -0.1) is 0 Å². The van der Waals surface area contributed by atoms with Gasteiger partial charge in [-0.2, -0.15) is 0 Å². The summed E-state index contributed by atoms with van der Waals surface area (Å²) in [4.78, 5) is 26.9. The summed E-state index contributed by atoms with van der Waals surface area (Å²) < 4.78 is 10.7. The second kappa shape index (κ2) is 9.24. The monoisotopic (exact) mass is 452 g/mol. The maximum Gasteiger partial charge on any atom is 0.291 e. The Hall–Kier alpha value is -3.00. The van der Waals surface area contributed by atoms with Crippen molar-refractivity contribution in [2.75, 3.05) is 33.3 Å². The molecule has 1 fully saturated rings. The largest absolute Gasteiger partial charge is 0.468 e. The van der Waals surface area contributed by atoms with Crippen LogP contribution in [0.1, 0.15) is 37.5 Å². The molecule has 0 bridgehead atoms. The molecule has 32 heavy (non-hydrogen) atoms. The Morgan fingerprint density at radius 1 is 1.19 bits per heavy atom. The zero-order valence-electron chi connectivity index (χ0n) is 18.7. The zero-order chi connectivity index (χ0) is 22.7. The number of benzene rings is 1. The van der Waals surface area contributed by atoms with Crippen molar-refractivity contribution >= 4 is 35.2 Å². The van der Waals surface area contributed by atoms with Crippen molar-refractivity contribution in [2.45, 2.75) is 31.7 Å². The van der Waals surface area contributed by atoms with Crippen LogP contribution in [0.4, 0.5) is 0 Å². The van der Waals surface area contributed by atoms with E-state index in [2.05, 4.69) is 27.0 Å². The number of carbonyl (C=O) groups is 1. The van der Waals surface area contributed by atoms with Crippen LogP contribution in [0.3, 0.4) is 0 Å². The third kappa shape index (κ3) is 4.60. The van der Waals surface area contributed by atoms with Gasteiger partial charge in [-0.3, -0.25) is 9.79 Å². The molecule has 1 atom stereocenters. The minimum Gasteiger partial charge on any atom is -0.468 e. The van der Waals surface area contributed by atoms with E-state index in [1.807, 2.05) is 49.2 Å². The minimum absolute atomic E-state index is 0.134. The Bertz CT molecular complexity index is 1040. The third-order valence-corrected chi connectivity index (χ3v) is 6.38. The highest BCUT2D eigenvalue weighted by Gasteiger charge is 2.39. The smallest absolute Gasteiger partial charge is 0.291 e. The molecular weight excluding hydrogens is 424 g/mol. The van der Waals surface area contributed by atoms with Crippen LogP contribution in [0.15, 0.2) is 56.9 Å². The molecule has 0 aliphatic carbocycles. The molecule has 2 aromatic rings. The molecule has 1 aromatic heterocycles. The average molecular weight is 453 g/mol. The number of hydrogen-bond acceptors (Lipinski definition) is 6. The van der Waals surface area contributed by atoms with E-state index in [0.29, 0.717) is 42.9 Å². The van der Waals surface area contributed by atoms with Crippen LogP contribution in [0.2, 0.25) is 0 Å². The summed E-state index contributed by atoms with van der Waals surface area (Å²) in [5, 5.41) is 0. The normalized spacial score (nSPS) is 20.5. The Labute approximate surface area is 193 Å². The van der Waals surface area contributed by atoms with Crippen LogP contribution in [0, 0.1) is 0 Å². The molecule has 168 valence electrons. The SMILES string of the molecule is COc1ccc(C(=S)N2CCN(C(=O)C3=NCCC(c4ccccc4)C=N3)C(C)(C)C2)o1. The zero-order valence-corrected chi connectivity index (χ0v) is 19.5. The molecule has 0 spiro atoms. The standard InChI is InChI=1S/C24H28N4O3S/c1-24(2)16-27(23(32)19-9-10-20(30-3)31-19)13-14-28(24)22(29)21-25-12-11-18(15-26-21)17-7-5-4-6-8-17/h4-10,15,18H,11-14,16H2,1-3H3. The molecule has 4 rings (SSSR count). The molecule has 8 heteroatoms. The summed E-state index contributed by atoms with van der Waals surface area (Å²) in [6, 6.07) is 13.8. The quantitative estimate of drug-likeness (QED) is 0.664. The minimum atomic E-state index is -0.445. The van der Waals surface area contributed by atoms with Crippen LogP contribution < -0.4 is 4.74 Å². The fourth-order valence-corrected chi connectivity index (χ4v) is 4.45. The number of carbonyl (C=O) groups excluding carboxylic acids is 1. The molecule has 0 saturated carbocycles. The molecule has 1 aromatic carbocycles. The van der Waals surface area contributed by atoms with Gasteiger partial charge in [0.1, 0.15) is 4.99 Å². The van der Waals surface area contributed by atoms with Crippen molar-refractivity contribution < 1.29 is 13.9 Å².